The number of rotatable bonds is 4. The van der Waals surface area contributed by atoms with Crippen LogP contribution >= 0.6 is 0 Å². The van der Waals surface area contributed by atoms with E-state index in [1.165, 1.54) is 0 Å². The van der Waals surface area contributed by atoms with Crippen molar-refractivity contribution >= 4 is 23.5 Å². The van der Waals surface area contributed by atoms with Gasteiger partial charge in [0.25, 0.3) is 0 Å². The van der Waals surface area contributed by atoms with Gasteiger partial charge in [-0.1, -0.05) is 12.1 Å². The summed E-state index contributed by atoms with van der Waals surface area (Å²) in [6, 6.07) is 6.87. The number of anilines is 1. The molecule has 2 aliphatic heterocycles. The van der Waals surface area contributed by atoms with E-state index in [0.29, 0.717) is 37.4 Å². The molecule has 0 saturated carbocycles. The predicted molar refractivity (Wildman–Crippen MR) is 95.0 cm³/mol. The maximum Gasteiger partial charge on any atom is 0.308 e. The topological polar surface area (TPSA) is 87.2 Å². The molecule has 0 spiro atoms. The lowest BCUT2D eigenvalue weighted by Gasteiger charge is -2.38. The molecule has 2 fully saturated rings. The average molecular weight is 360 g/mol. The predicted octanol–water partition coefficient (Wildman–Crippen LogP) is 1.76. The third-order valence-electron chi connectivity index (χ3n) is 5.44. The summed E-state index contributed by atoms with van der Waals surface area (Å²) in [4.78, 5) is 40.1. The molecule has 2 heterocycles. The van der Waals surface area contributed by atoms with E-state index < -0.39 is 17.8 Å². The number of carboxylic acid groups (broad SMARTS) is 1. The van der Waals surface area contributed by atoms with Crippen molar-refractivity contribution < 1.29 is 24.2 Å². The molecule has 2 aliphatic rings. The van der Waals surface area contributed by atoms with Gasteiger partial charge in [0.1, 0.15) is 5.75 Å². The first-order chi connectivity index (χ1) is 12.4. The van der Waals surface area contributed by atoms with E-state index in [4.69, 9.17) is 4.74 Å². The fraction of sp³-hybridized carbons (Fsp3) is 0.526. The third-order valence-corrected chi connectivity index (χ3v) is 5.44. The smallest absolute Gasteiger partial charge is 0.308 e. The van der Waals surface area contributed by atoms with Gasteiger partial charge in [-0.3, -0.25) is 14.4 Å². The van der Waals surface area contributed by atoms with E-state index >= 15 is 0 Å². The highest BCUT2D eigenvalue weighted by Gasteiger charge is 2.42. The van der Waals surface area contributed by atoms with Crippen molar-refractivity contribution in [2.24, 2.45) is 11.8 Å². The fourth-order valence-electron chi connectivity index (χ4n) is 3.98. The first-order valence-corrected chi connectivity index (χ1v) is 8.90. The second kappa shape index (κ2) is 7.35. The summed E-state index contributed by atoms with van der Waals surface area (Å²) in [7, 11) is 1.55. The number of ether oxygens (including phenoxy) is 1. The van der Waals surface area contributed by atoms with Crippen molar-refractivity contribution in [1.82, 2.24) is 4.90 Å². The molecule has 1 N–H and O–H groups in total. The minimum Gasteiger partial charge on any atom is -0.495 e. The van der Waals surface area contributed by atoms with Crippen molar-refractivity contribution in [2.45, 2.75) is 32.2 Å². The maximum atomic E-state index is 13.0. The molecule has 7 heteroatoms. The Morgan fingerprint density at radius 3 is 2.69 bits per heavy atom. The molecule has 7 nitrogen and oxygen atoms in total. The standard InChI is InChI=1S/C19H24N2O5/c1-12-14(19(24)25)6-5-9-20(12)18(23)13-10-17(22)21(11-13)15-7-3-4-8-16(15)26-2/h3-4,7-8,12-14H,5-6,9-11H2,1-2H3,(H,24,25)/t12-,13?,14-/m0/s1. The molecular formula is C19H24N2O5. The Balaban J connectivity index is 1.76. The summed E-state index contributed by atoms with van der Waals surface area (Å²) in [6.07, 6.45) is 1.39. The molecule has 0 bridgehead atoms. The Kier molecular flexibility index (Phi) is 5.15. The fourth-order valence-corrected chi connectivity index (χ4v) is 3.98. The molecule has 3 rings (SSSR count). The minimum absolute atomic E-state index is 0.118. The van der Waals surface area contributed by atoms with Crippen LogP contribution in [0.15, 0.2) is 24.3 Å². The largest absolute Gasteiger partial charge is 0.495 e. The van der Waals surface area contributed by atoms with Crippen molar-refractivity contribution in [3.8, 4) is 5.75 Å². The highest BCUT2D eigenvalue weighted by atomic mass is 16.5. The van der Waals surface area contributed by atoms with Crippen molar-refractivity contribution in [3.63, 3.8) is 0 Å². The van der Waals surface area contributed by atoms with Gasteiger partial charge in [-0.05, 0) is 31.9 Å². The van der Waals surface area contributed by atoms with Gasteiger partial charge in [0, 0.05) is 25.6 Å². The first-order valence-electron chi connectivity index (χ1n) is 8.90. The van der Waals surface area contributed by atoms with E-state index in [0.717, 1.165) is 0 Å². The van der Waals surface area contributed by atoms with Crippen LogP contribution in [0.1, 0.15) is 26.2 Å². The van der Waals surface area contributed by atoms with Gasteiger partial charge in [-0.2, -0.15) is 0 Å². The van der Waals surface area contributed by atoms with Gasteiger partial charge in [-0.15, -0.1) is 0 Å². The van der Waals surface area contributed by atoms with Crippen LogP contribution in [0.25, 0.3) is 0 Å². The summed E-state index contributed by atoms with van der Waals surface area (Å²) < 4.78 is 5.32. The number of para-hydroxylation sites is 2. The van der Waals surface area contributed by atoms with Gasteiger partial charge >= 0.3 is 5.97 Å². The normalized spacial score (nSPS) is 26.1. The van der Waals surface area contributed by atoms with Crippen LogP contribution in [0.3, 0.4) is 0 Å². The third kappa shape index (κ3) is 3.25. The monoisotopic (exact) mass is 360 g/mol. The summed E-state index contributed by atoms with van der Waals surface area (Å²) in [5.74, 6) is -1.53. The van der Waals surface area contributed by atoms with E-state index in [9.17, 15) is 19.5 Å². The highest BCUT2D eigenvalue weighted by Crippen LogP contribution is 2.34. The number of likely N-dealkylation sites (tertiary alicyclic amines) is 1. The summed E-state index contributed by atoms with van der Waals surface area (Å²) in [6.45, 7) is 2.62. The summed E-state index contributed by atoms with van der Waals surface area (Å²) in [5, 5.41) is 9.35. The second-order valence-corrected chi connectivity index (χ2v) is 6.94. The maximum absolute atomic E-state index is 13.0. The number of hydrogen-bond donors (Lipinski definition) is 1. The lowest BCUT2D eigenvalue weighted by molar-refractivity contribution is -0.150. The van der Waals surface area contributed by atoms with Gasteiger partial charge in [0.2, 0.25) is 11.8 Å². The van der Waals surface area contributed by atoms with Gasteiger partial charge < -0.3 is 19.6 Å². The van der Waals surface area contributed by atoms with Crippen molar-refractivity contribution in [2.75, 3.05) is 25.1 Å². The number of amides is 2. The number of benzene rings is 1. The second-order valence-electron chi connectivity index (χ2n) is 6.94. The number of aliphatic carboxylic acids is 1. The van der Waals surface area contributed by atoms with Crippen molar-refractivity contribution in [1.29, 1.82) is 0 Å². The van der Waals surface area contributed by atoms with E-state index in [1.54, 1.807) is 36.0 Å². The minimum atomic E-state index is -0.867. The molecule has 1 unspecified atom stereocenters. The van der Waals surface area contributed by atoms with Gasteiger partial charge in [-0.25, -0.2) is 0 Å². The molecule has 140 valence electrons. The number of carbonyl (C=O) groups excluding carboxylic acids is 2. The van der Waals surface area contributed by atoms with Crippen LogP contribution in [-0.4, -0.2) is 54.0 Å². The molecular weight excluding hydrogens is 336 g/mol. The van der Waals surface area contributed by atoms with E-state index in [1.807, 2.05) is 12.1 Å². The van der Waals surface area contributed by atoms with Crippen LogP contribution in [-0.2, 0) is 14.4 Å². The lowest BCUT2D eigenvalue weighted by Crippen LogP contribution is -2.51. The number of nitrogens with zero attached hydrogens (tertiary/aromatic N) is 2. The van der Waals surface area contributed by atoms with Crippen LogP contribution < -0.4 is 9.64 Å². The van der Waals surface area contributed by atoms with Crippen LogP contribution in [0.5, 0.6) is 5.75 Å². The Bertz CT molecular complexity index is 720. The van der Waals surface area contributed by atoms with Crippen LogP contribution in [0, 0.1) is 11.8 Å². The summed E-state index contributed by atoms with van der Waals surface area (Å²) >= 11 is 0. The Labute approximate surface area is 152 Å². The first kappa shape index (κ1) is 18.2. The van der Waals surface area contributed by atoms with E-state index in [2.05, 4.69) is 0 Å². The number of carbonyl (C=O) groups is 3. The Hall–Kier alpha value is -2.57. The zero-order valence-electron chi connectivity index (χ0n) is 15.1. The molecule has 3 atom stereocenters. The van der Waals surface area contributed by atoms with Crippen molar-refractivity contribution in [3.05, 3.63) is 24.3 Å². The summed E-state index contributed by atoms with van der Waals surface area (Å²) in [5.41, 5.74) is 0.658. The number of methoxy groups -OCH3 is 1. The Morgan fingerprint density at radius 1 is 1.27 bits per heavy atom. The highest BCUT2D eigenvalue weighted by molar-refractivity contribution is 6.01. The lowest BCUT2D eigenvalue weighted by atomic mass is 9.89. The number of carboxylic acids is 1. The molecule has 2 saturated heterocycles. The van der Waals surface area contributed by atoms with E-state index in [-0.39, 0.29) is 24.3 Å². The van der Waals surface area contributed by atoms with Crippen LogP contribution in [0.2, 0.25) is 0 Å². The molecule has 0 radical (unpaired) electrons. The quantitative estimate of drug-likeness (QED) is 0.884. The molecule has 26 heavy (non-hydrogen) atoms. The zero-order chi connectivity index (χ0) is 18.8. The van der Waals surface area contributed by atoms with Crippen LogP contribution in [0.4, 0.5) is 5.69 Å². The van der Waals surface area contributed by atoms with Gasteiger partial charge in [0.05, 0.1) is 24.6 Å². The number of piperidine rings is 1. The molecule has 1 aromatic carbocycles. The molecule has 2 amide bonds. The molecule has 1 aromatic rings. The average Bonchev–Trinajstić information content (AvgIpc) is 3.02. The Morgan fingerprint density at radius 2 is 2.00 bits per heavy atom. The molecule has 0 aromatic heterocycles. The zero-order valence-corrected chi connectivity index (χ0v) is 15.1. The van der Waals surface area contributed by atoms with Gasteiger partial charge in [0.15, 0.2) is 0 Å². The SMILES string of the molecule is COc1ccccc1N1CC(C(=O)N2CCC[C@H](C(=O)O)[C@@H]2C)CC1=O. The number of hydrogen-bond acceptors (Lipinski definition) is 4. The molecule has 0 aliphatic carbocycles.